The maximum atomic E-state index is 5.54. The van der Waals surface area contributed by atoms with E-state index in [-0.39, 0.29) is 6.04 Å². The molecule has 1 aromatic carbocycles. The first-order valence-corrected chi connectivity index (χ1v) is 7.93. The molecule has 1 aliphatic carbocycles. The van der Waals surface area contributed by atoms with Gasteiger partial charge in [0.05, 0.1) is 6.04 Å². The van der Waals surface area contributed by atoms with Crippen molar-refractivity contribution >= 4 is 0 Å². The average molecular weight is 283 g/mol. The first-order valence-electron chi connectivity index (χ1n) is 7.93. The lowest BCUT2D eigenvalue weighted by atomic mass is 9.96. The summed E-state index contributed by atoms with van der Waals surface area (Å²) >= 11 is 0. The summed E-state index contributed by atoms with van der Waals surface area (Å²) in [7, 11) is 0. The quantitative estimate of drug-likeness (QED) is 0.918. The predicted molar refractivity (Wildman–Crippen MR) is 79.8 cm³/mol. The monoisotopic (exact) mass is 283 g/mol. The number of hydrogen-bond acceptors (Lipinski definition) is 4. The Hall–Kier alpha value is -1.68. The van der Waals surface area contributed by atoms with Gasteiger partial charge in [0.1, 0.15) is 0 Å². The standard InChI is InChI=1S/C17H21N3O/c1-11-6-7-13(8-11)16-19-17(21-20-16)15-9-12-4-2-3-5-14(12)10-18-15/h2-5,11,13,15,18H,6-10H2,1H3/t11?,13?,15-/m0/s1. The summed E-state index contributed by atoms with van der Waals surface area (Å²) < 4.78 is 5.54. The molecule has 1 aromatic heterocycles. The zero-order chi connectivity index (χ0) is 14.2. The van der Waals surface area contributed by atoms with Crippen LogP contribution in [0.4, 0.5) is 0 Å². The van der Waals surface area contributed by atoms with Gasteiger partial charge in [0.25, 0.3) is 0 Å². The van der Waals surface area contributed by atoms with E-state index in [0.717, 1.165) is 30.6 Å². The third-order valence-electron chi connectivity index (χ3n) is 4.90. The Morgan fingerprint density at radius 3 is 2.86 bits per heavy atom. The van der Waals surface area contributed by atoms with Gasteiger partial charge in [-0.3, -0.25) is 0 Å². The first-order chi connectivity index (χ1) is 10.3. The number of aromatic nitrogens is 2. The fourth-order valence-corrected chi connectivity index (χ4v) is 3.63. The van der Waals surface area contributed by atoms with Crippen molar-refractivity contribution in [2.75, 3.05) is 0 Å². The van der Waals surface area contributed by atoms with Crippen molar-refractivity contribution in [3.63, 3.8) is 0 Å². The summed E-state index contributed by atoms with van der Waals surface area (Å²) in [5, 5.41) is 7.75. The fourth-order valence-electron chi connectivity index (χ4n) is 3.63. The van der Waals surface area contributed by atoms with Gasteiger partial charge in [0, 0.05) is 12.5 Å². The van der Waals surface area contributed by atoms with Crippen LogP contribution in [0.1, 0.15) is 61.0 Å². The summed E-state index contributed by atoms with van der Waals surface area (Å²) in [5.41, 5.74) is 2.76. The van der Waals surface area contributed by atoms with Crippen LogP contribution in [0.5, 0.6) is 0 Å². The molecule has 0 radical (unpaired) electrons. The van der Waals surface area contributed by atoms with Crippen LogP contribution in [0, 0.1) is 5.92 Å². The molecule has 0 amide bonds. The molecule has 0 spiro atoms. The van der Waals surface area contributed by atoms with Crippen LogP contribution >= 0.6 is 0 Å². The maximum Gasteiger partial charge on any atom is 0.244 e. The summed E-state index contributed by atoms with van der Waals surface area (Å²) in [6, 6.07) is 8.71. The van der Waals surface area contributed by atoms with E-state index in [9.17, 15) is 0 Å². The van der Waals surface area contributed by atoms with Crippen LogP contribution in [0.15, 0.2) is 28.8 Å². The molecule has 4 rings (SSSR count). The zero-order valence-electron chi connectivity index (χ0n) is 12.4. The van der Waals surface area contributed by atoms with Crippen LogP contribution in [0.3, 0.4) is 0 Å². The van der Waals surface area contributed by atoms with Crippen LogP contribution in [0.25, 0.3) is 0 Å². The molecule has 1 aliphatic heterocycles. The number of fused-ring (bicyclic) bond motifs is 1. The Kier molecular flexibility index (Phi) is 3.26. The van der Waals surface area contributed by atoms with E-state index in [4.69, 9.17) is 4.52 Å². The average Bonchev–Trinajstić information content (AvgIpc) is 3.15. The molecule has 2 unspecified atom stereocenters. The van der Waals surface area contributed by atoms with Gasteiger partial charge in [-0.05, 0) is 42.7 Å². The van der Waals surface area contributed by atoms with Gasteiger partial charge < -0.3 is 9.84 Å². The third kappa shape index (κ3) is 2.48. The molecular formula is C17H21N3O. The Bertz CT molecular complexity index is 636. The van der Waals surface area contributed by atoms with Crippen LogP contribution in [-0.2, 0) is 13.0 Å². The highest BCUT2D eigenvalue weighted by Gasteiger charge is 2.29. The van der Waals surface area contributed by atoms with E-state index >= 15 is 0 Å². The predicted octanol–water partition coefficient (Wildman–Crippen LogP) is 3.36. The van der Waals surface area contributed by atoms with Gasteiger partial charge in [0.15, 0.2) is 5.82 Å². The van der Waals surface area contributed by atoms with Gasteiger partial charge in [0.2, 0.25) is 5.89 Å². The molecule has 2 aliphatic rings. The number of nitrogens with zero attached hydrogens (tertiary/aromatic N) is 2. The molecule has 2 heterocycles. The van der Waals surface area contributed by atoms with E-state index < -0.39 is 0 Å². The lowest BCUT2D eigenvalue weighted by Gasteiger charge is -2.23. The Morgan fingerprint density at radius 1 is 1.19 bits per heavy atom. The highest BCUT2D eigenvalue weighted by Crippen LogP contribution is 2.37. The number of nitrogens with one attached hydrogen (secondary N) is 1. The van der Waals surface area contributed by atoms with Gasteiger partial charge in [-0.15, -0.1) is 0 Å². The van der Waals surface area contributed by atoms with Crippen molar-refractivity contribution in [2.45, 2.75) is 51.1 Å². The second kappa shape index (κ2) is 5.26. The van der Waals surface area contributed by atoms with Crippen LogP contribution < -0.4 is 5.32 Å². The van der Waals surface area contributed by atoms with Gasteiger partial charge in [-0.1, -0.05) is 36.3 Å². The second-order valence-electron chi connectivity index (χ2n) is 6.51. The largest absolute Gasteiger partial charge is 0.338 e. The van der Waals surface area contributed by atoms with Crippen molar-refractivity contribution in [2.24, 2.45) is 5.92 Å². The normalized spacial score (nSPS) is 28.5. The molecule has 4 heteroatoms. The molecule has 2 aromatic rings. The van der Waals surface area contributed by atoms with Crippen LogP contribution in [0.2, 0.25) is 0 Å². The van der Waals surface area contributed by atoms with Crippen molar-refractivity contribution in [1.29, 1.82) is 0 Å². The summed E-state index contributed by atoms with van der Waals surface area (Å²) in [5.74, 6) is 2.94. The molecular weight excluding hydrogens is 262 g/mol. The Labute approximate surface area is 124 Å². The maximum absolute atomic E-state index is 5.54. The Balaban J connectivity index is 1.52. The molecule has 1 fully saturated rings. The van der Waals surface area contributed by atoms with Gasteiger partial charge >= 0.3 is 0 Å². The van der Waals surface area contributed by atoms with E-state index in [1.54, 1.807) is 0 Å². The fraction of sp³-hybridized carbons (Fsp3) is 0.529. The molecule has 110 valence electrons. The summed E-state index contributed by atoms with van der Waals surface area (Å²) in [6.45, 7) is 3.18. The summed E-state index contributed by atoms with van der Waals surface area (Å²) in [4.78, 5) is 4.68. The van der Waals surface area contributed by atoms with Crippen molar-refractivity contribution in [1.82, 2.24) is 15.5 Å². The van der Waals surface area contributed by atoms with E-state index in [1.165, 1.54) is 30.4 Å². The molecule has 1 saturated carbocycles. The minimum absolute atomic E-state index is 0.153. The SMILES string of the molecule is CC1CCC(c2noc([C@@H]3Cc4ccccc4CN3)n2)C1. The molecule has 1 N–H and O–H groups in total. The van der Waals surface area contributed by atoms with Crippen molar-refractivity contribution in [3.8, 4) is 0 Å². The first kappa shape index (κ1) is 13.0. The Morgan fingerprint density at radius 2 is 2.05 bits per heavy atom. The van der Waals surface area contributed by atoms with Gasteiger partial charge in [-0.2, -0.15) is 4.98 Å². The zero-order valence-corrected chi connectivity index (χ0v) is 12.4. The van der Waals surface area contributed by atoms with Crippen molar-refractivity contribution < 1.29 is 4.52 Å². The molecule has 4 nitrogen and oxygen atoms in total. The number of hydrogen-bond donors (Lipinski definition) is 1. The van der Waals surface area contributed by atoms with Crippen molar-refractivity contribution in [3.05, 3.63) is 47.1 Å². The van der Waals surface area contributed by atoms with Crippen LogP contribution in [-0.4, -0.2) is 10.1 Å². The van der Waals surface area contributed by atoms with Gasteiger partial charge in [-0.25, -0.2) is 0 Å². The number of benzene rings is 1. The lowest BCUT2D eigenvalue weighted by Crippen LogP contribution is -2.28. The minimum atomic E-state index is 0.153. The number of rotatable bonds is 2. The van der Waals surface area contributed by atoms with E-state index in [0.29, 0.717) is 5.92 Å². The smallest absolute Gasteiger partial charge is 0.244 e. The topological polar surface area (TPSA) is 51.0 Å². The summed E-state index contributed by atoms with van der Waals surface area (Å²) in [6.07, 6.45) is 4.60. The minimum Gasteiger partial charge on any atom is -0.338 e. The van der Waals surface area contributed by atoms with E-state index in [1.807, 2.05) is 0 Å². The molecule has 3 atom stereocenters. The molecule has 21 heavy (non-hydrogen) atoms. The molecule has 0 bridgehead atoms. The van der Waals surface area contributed by atoms with E-state index in [2.05, 4.69) is 46.6 Å². The third-order valence-corrected chi connectivity index (χ3v) is 4.90. The molecule has 0 saturated heterocycles. The highest BCUT2D eigenvalue weighted by atomic mass is 16.5. The second-order valence-corrected chi connectivity index (χ2v) is 6.51. The lowest BCUT2D eigenvalue weighted by molar-refractivity contribution is 0.317. The highest BCUT2D eigenvalue weighted by molar-refractivity contribution is 5.30.